The summed E-state index contributed by atoms with van der Waals surface area (Å²) in [5, 5.41) is 0. The topological polar surface area (TPSA) is 27.7 Å². The van der Waals surface area contributed by atoms with Crippen LogP contribution in [0.3, 0.4) is 0 Å². The maximum Gasteiger partial charge on any atom is 0.108 e. The third-order valence-corrected chi connectivity index (χ3v) is 2.48. The van der Waals surface area contributed by atoms with E-state index in [-0.39, 0.29) is 5.41 Å². The van der Waals surface area contributed by atoms with Crippen LogP contribution in [0.4, 0.5) is 0 Å². The van der Waals surface area contributed by atoms with Crippen molar-refractivity contribution in [3.05, 3.63) is 25.3 Å². The Balaban J connectivity index is 4.36. The average Bonchev–Trinajstić information content (AvgIpc) is 2.35. The molecule has 0 bridgehead atoms. The normalized spacial score (nSPS) is 10.6. The SMILES string of the molecule is C=CCOCC#CCC(CC=C)(COC)COC. The molecule has 0 atom stereocenters. The summed E-state index contributed by atoms with van der Waals surface area (Å²) in [5.41, 5.74) is -0.114. The third kappa shape index (κ3) is 7.29. The molecule has 102 valence electrons. The Morgan fingerprint density at radius 1 is 1.06 bits per heavy atom. The maximum atomic E-state index is 5.27. The Morgan fingerprint density at radius 2 is 1.72 bits per heavy atom. The van der Waals surface area contributed by atoms with Gasteiger partial charge in [0.15, 0.2) is 0 Å². The zero-order valence-corrected chi connectivity index (χ0v) is 11.5. The average molecular weight is 252 g/mol. The molecule has 0 aliphatic heterocycles. The van der Waals surface area contributed by atoms with Gasteiger partial charge in [-0.15, -0.1) is 19.1 Å². The molecular formula is C15H24O3. The fourth-order valence-electron chi connectivity index (χ4n) is 1.75. The van der Waals surface area contributed by atoms with Crippen LogP contribution in [0, 0.1) is 17.3 Å². The number of hydrogen-bond acceptors (Lipinski definition) is 3. The van der Waals surface area contributed by atoms with Gasteiger partial charge >= 0.3 is 0 Å². The van der Waals surface area contributed by atoms with Crippen molar-refractivity contribution in [2.24, 2.45) is 5.41 Å². The minimum atomic E-state index is -0.114. The van der Waals surface area contributed by atoms with Gasteiger partial charge in [0.25, 0.3) is 0 Å². The van der Waals surface area contributed by atoms with E-state index in [1.807, 2.05) is 6.08 Å². The van der Waals surface area contributed by atoms with Gasteiger partial charge in [0.05, 0.1) is 19.8 Å². The monoisotopic (exact) mass is 252 g/mol. The van der Waals surface area contributed by atoms with E-state index in [0.29, 0.717) is 32.8 Å². The summed E-state index contributed by atoms with van der Waals surface area (Å²) in [5.74, 6) is 6.11. The standard InChI is InChI=1S/C15H24O3/c1-5-9-15(13-16-3,14-17-4)10-7-8-12-18-11-6-2/h5-6H,1-2,9-14H2,3-4H3. The first-order valence-corrected chi connectivity index (χ1v) is 5.98. The Hall–Kier alpha value is -1.08. The second-order valence-corrected chi connectivity index (χ2v) is 4.19. The molecule has 3 nitrogen and oxygen atoms in total. The van der Waals surface area contributed by atoms with Crippen molar-refractivity contribution in [2.75, 3.05) is 40.6 Å². The third-order valence-electron chi connectivity index (χ3n) is 2.48. The summed E-state index contributed by atoms with van der Waals surface area (Å²) in [6.45, 7) is 9.53. The van der Waals surface area contributed by atoms with E-state index in [2.05, 4.69) is 25.0 Å². The molecule has 0 spiro atoms. The predicted molar refractivity (Wildman–Crippen MR) is 74.4 cm³/mol. The lowest BCUT2D eigenvalue weighted by Crippen LogP contribution is -2.31. The Labute approximate surface area is 111 Å². The fourth-order valence-corrected chi connectivity index (χ4v) is 1.75. The maximum absolute atomic E-state index is 5.27. The van der Waals surface area contributed by atoms with Crippen LogP contribution < -0.4 is 0 Å². The first kappa shape index (κ1) is 16.9. The van der Waals surface area contributed by atoms with Crippen molar-refractivity contribution in [2.45, 2.75) is 12.8 Å². The lowest BCUT2D eigenvalue weighted by Gasteiger charge is -2.29. The lowest BCUT2D eigenvalue weighted by molar-refractivity contribution is 0.0150. The molecule has 0 aromatic rings. The van der Waals surface area contributed by atoms with Crippen LogP contribution in [-0.4, -0.2) is 40.6 Å². The minimum absolute atomic E-state index is 0.114. The number of allylic oxidation sites excluding steroid dienone is 1. The van der Waals surface area contributed by atoms with Crippen LogP contribution in [0.1, 0.15) is 12.8 Å². The van der Waals surface area contributed by atoms with E-state index in [4.69, 9.17) is 14.2 Å². The van der Waals surface area contributed by atoms with Crippen LogP contribution in [0.2, 0.25) is 0 Å². The number of rotatable bonds is 10. The first-order valence-electron chi connectivity index (χ1n) is 5.98. The first-order chi connectivity index (χ1) is 8.74. The van der Waals surface area contributed by atoms with E-state index in [0.717, 1.165) is 6.42 Å². The van der Waals surface area contributed by atoms with Gasteiger partial charge in [-0.05, 0) is 6.42 Å². The highest BCUT2D eigenvalue weighted by molar-refractivity contribution is 5.05. The van der Waals surface area contributed by atoms with Gasteiger partial charge in [0, 0.05) is 26.1 Å². The van der Waals surface area contributed by atoms with Crippen LogP contribution in [0.25, 0.3) is 0 Å². The summed E-state index contributed by atoms with van der Waals surface area (Å²) >= 11 is 0. The van der Waals surface area contributed by atoms with Crippen LogP contribution in [0.5, 0.6) is 0 Å². The number of hydrogen-bond donors (Lipinski definition) is 0. The summed E-state index contributed by atoms with van der Waals surface area (Å²) in [7, 11) is 3.38. The van der Waals surface area contributed by atoms with E-state index in [9.17, 15) is 0 Å². The molecule has 0 radical (unpaired) electrons. The molecule has 0 aliphatic carbocycles. The summed E-state index contributed by atoms with van der Waals surface area (Å²) in [4.78, 5) is 0. The highest BCUT2D eigenvalue weighted by atomic mass is 16.5. The predicted octanol–water partition coefficient (Wildman–Crippen LogP) is 2.44. The minimum Gasteiger partial charge on any atom is -0.384 e. The van der Waals surface area contributed by atoms with Gasteiger partial charge in [0.2, 0.25) is 0 Å². The summed E-state index contributed by atoms with van der Waals surface area (Å²) in [6.07, 6.45) is 5.11. The van der Waals surface area contributed by atoms with Gasteiger partial charge in [0.1, 0.15) is 6.61 Å². The summed E-state index contributed by atoms with van der Waals surface area (Å²) in [6, 6.07) is 0. The molecule has 0 aliphatic rings. The van der Waals surface area contributed by atoms with Gasteiger partial charge in [-0.3, -0.25) is 0 Å². The van der Waals surface area contributed by atoms with Crippen LogP contribution in [-0.2, 0) is 14.2 Å². The van der Waals surface area contributed by atoms with Crippen molar-refractivity contribution in [3.8, 4) is 11.8 Å². The van der Waals surface area contributed by atoms with Crippen LogP contribution >= 0.6 is 0 Å². The van der Waals surface area contributed by atoms with Crippen LogP contribution in [0.15, 0.2) is 25.3 Å². The highest BCUT2D eigenvalue weighted by Crippen LogP contribution is 2.27. The van der Waals surface area contributed by atoms with E-state index >= 15 is 0 Å². The molecule has 0 saturated heterocycles. The Morgan fingerprint density at radius 3 is 2.22 bits per heavy atom. The molecular weight excluding hydrogens is 228 g/mol. The van der Waals surface area contributed by atoms with Crippen molar-refractivity contribution in [1.29, 1.82) is 0 Å². The van der Waals surface area contributed by atoms with E-state index in [1.165, 1.54) is 0 Å². The molecule has 0 unspecified atom stereocenters. The second-order valence-electron chi connectivity index (χ2n) is 4.19. The number of methoxy groups -OCH3 is 2. The molecule has 0 fully saturated rings. The molecule has 0 saturated carbocycles. The highest BCUT2D eigenvalue weighted by Gasteiger charge is 2.28. The fraction of sp³-hybridized carbons (Fsp3) is 0.600. The quantitative estimate of drug-likeness (QED) is 0.339. The summed E-state index contributed by atoms with van der Waals surface area (Å²) < 4.78 is 15.7. The van der Waals surface area contributed by atoms with Gasteiger partial charge in [-0.2, -0.15) is 0 Å². The largest absolute Gasteiger partial charge is 0.384 e. The van der Waals surface area contributed by atoms with Crippen molar-refractivity contribution in [3.63, 3.8) is 0 Å². The Bertz CT molecular complexity index is 280. The van der Waals surface area contributed by atoms with Gasteiger partial charge in [-0.25, -0.2) is 0 Å². The zero-order valence-electron chi connectivity index (χ0n) is 11.5. The Kier molecular flexibility index (Phi) is 10.4. The molecule has 0 heterocycles. The molecule has 3 heteroatoms. The van der Waals surface area contributed by atoms with E-state index in [1.54, 1.807) is 20.3 Å². The second kappa shape index (κ2) is 11.0. The number of ether oxygens (including phenoxy) is 3. The molecule has 18 heavy (non-hydrogen) atoms. The van der Waals surface area contributed by atoms with Crippen molar-refractivity contribution >= 4 is 0 Å². The molecule has 0 aromatic heterocycles. The lowest BCUT2D eigenvalue weighted by atomic mass is 9.83. The van der Waals surface area contributed by atoms with Crippen molar-refractivity contribution in [1.82, 2.24) is 0 Å². The van der Waals surface area contributed by atoms with Crippen molar-refractivity contribution < 1.29 is 14.2 Å². The molecule has 0 aromatic carbocycles. The molecule has 0 amide bonds. The van der Waals surface area contributed by atoms with E-state index < -0.39 is 0 Å². The smallest absolute Gasteiger partial charge is 0.108 e. The zero-order chi connectivity index (χ0) is 13.7. The molecule has 0 rings (SSSR count). The van der Waals surface area contributed by atoms with Gasteiger partial charge < -0.3 is 14.2 Å². The molecule has 0 N–H and O–H groups in total. The van der Waals surface area contributed by atoms with Gasteiger partial charge in [-0.1, -0.05) is 18.1 Å².